The lowest BCUT2D eigenvalue weighted by atomic mass is 10.1. The summed E-state index contributed by atoms with van der Waals surface area (Å²) in [6.45, 7) is 2.61. The number of aryl methyl sites for hydroxylation is 1. The third kappa shape index (κ3) is 3.74. The molecule has 0 aromatic heterocycles. The molecule has 2 heteroatoms. The number of anilines is 1. The Bertz CT molecular complexity index is 351. The Morgan fingerprint density at radius 1 is 1.35 bits per heavy atom. The molecule has 0 heterocycles. The quantitative estimate of drug-likeness (QED) is 0.818. The van der Waals surface area contributed by atoms with Crippen molar-refractivity contribution < 1.29 is 5.11 Å². The lowest BCUT2D eigenvalue weighted by Gasteiger charge is -2.14. The Hall–Kier alpha value is -1.02. The minimum atomic E-state index is 0.276. The third-order valence-electron chi connectivity index (χ3n) is 3.62. The summed E-state index contributed by atoms with van der Waals surface area (Å²) in [7, 11) is 0. The first kappa shape index (κ1) is 12.4. The number of hydrogen-bond donors (Lipinski definition) is 2. The van der Waals surface area contributed by atoms with Crippen LogP contribution in [0.5, 0.6) is 0 Å². The van der Waals surface area contributed by atoms with Gasteiger partial charge in [0, 0.05) is 18.3 Å². The molecule has 1 saturated carbocycles. The van der Waals surface area contributed by atoms with Crippen LogP contribution in [0.2, 0.25) is 0 Å². The number of aliphatic hydroxyl groups excluding tert-OH is 1. The van der Waals surface area contributed by atoms with Gasteiger partial charge < -0.3 is 10.4 Å². The monoisotopic (exact) mass is 233 g/mol. The molecule has 2 N–H and O–H groups in total. The molecule has 17 heavy (non-hydrogen) atoms. The smallest absolute Gasteiger partial charge is 0.0434 e. The van der Waals surface area contributed by atoms with E-state index in [1.807, 2.05) is 0 Å². The van der Waals surface area contributed by atoms with Crippen molar-refractivity contribution in [1.82, 2.24) is 0 Å². The van der Waals surface area contributed by atoms with Crippen LogP contribution in [0.1, 0.15) is 38.2 Å². The van der Waals surface area contributed by atoms with Crippen molar-refractivity contribution in [3.05, 3.63) is 29.8 Å². The van der Waals surface area contributed by atoms with Gasteiger partial charge in [-0.1, -0.05) is 19.1 Å². The summed E-state index contributed by atoms with van der Waals surface area (Å²) in [4.78, 5) is 0. The Morgan fingerprint density at radius 3 is 2.94 bits per heavy atom. The SMILES string of the molecule is CC1CCC(Nc2cccc(CCCO)c2)C1. The molecule has 0 saturated heterocycles. The average molecular weight is 233 g/mol. The highest BCUT2D eigenvalue weighted by Gasteiger charge is 2.20. The molecule has 0 bridgehead atoms. The molecule has 2 nitrogen and oxygen atoms in total. The van der Waals surface area contributed by atoms with Crippen molar-refractivity contribution in [2.45, 2.75) is 45.1 Å². The van der Waals surface area contributed by atoms with E-state index in [2.05, 4.69) is 36.5 Å². The van der Waals surface area contributed by atoms with Crippen molar-refractivity contribution >= 4 is 5.69 Å². The normalized spacial score (nSPS) is 23.9. The van der Waals surface area contributed by atoms with E-state index in [1.54, 1.807) is 0 Å². The van der Waals surface area contributed by atoms with Crippen molar-refractivity contribution in [2.75, 3.05) is 11.9 Å². The Balaban J connectivity index is 1.91. The van der Waals surface area contributed by atoms with Gasteiger partial charge in [0.15, 0.2) is 0 Å². The van der Waals surface area contributed by atoms with Crippen LogP contribution in [0.25, 0.3) is 0 Å². The van der Waals surface area contributed by atoms with E-state index in [9.17, 15) is 0 Å². The fraction of sp³-hybridized carbons (Fsp3) is 0.600. The van der Waals surface area contributed by atoms with Crippen LogP contribution >= 0.6 is 0 Å². The zero-order chi connectivity index (χ0) is 12.1. The number of aliphatic hydroxyl groups is 1. The van der Waals surface area contributed by atoms with Gasteiger partial charge in [-0.15, -0.1) is 0 Å². The highest BCUT2D eigenvalue weighted by atomic mass is 16.2. The minimum Gasteiger partial charge on any atom is -0.396 e. The van der Waals surface area contributed by atoms with E-state index in [0.717, 1.165) is 18.8 Å². The molecule has 1 aliphatic carbocycles. The van der Waals surface area contributed by atoms with Crippen LogP contribution in [0.15, 0.2) is 24.3 Å². The molecule has 94 valence electrons. The first-order chi connectivity index (χ1) is 8.28. The number of nitrogens with one attached hydrogen (secondary N) is 1. The van der Waals surface area contributed by atoms with Gasteiger partial charge in [0.05, 0.1) is 0 Å². The summed E-state index contributed by atoms with van der Waals surface area (Å²) < 4.78 is 0. The molecule has 2 atom stereocenters. The first-order valence-corrected chi connectivity index (χ1v) is 6.74. The summed E-state index contributed by atoms with van der Waals surface area (Å²) in [6, 6.07) is 9.26. The van der Waals surface area contributed by atoms with E-state index in [-0.39, 0.29) is 6.61 Å². The predicted molar refractivity (Wildman–Crippen MR) is 72.3 cm³/mol. The highest BCUT2D eigenvalue weighted by molar-refractivity contribution is 5.46. The number of rotatable bonds is 5. The van der Waals surface area contributed by atoms with Crippen molar-refractivity contribution in [3.63, 3.8) is 0 Å². The van der Waals surface area contributed by atoms with E-state index in [1.165, 1.54) is 30.5 Å². The molecule has 0 amide bonds. The summed E-state index contributed by atoms with van der Waals surface area (Å²) >= 11 is 0. The largest absolute Gasteiger partial charge is 0.396 e. The highest BCUT2D eigenvalue weighted by Crippen LogP contribution is 2.27. The zero-order valence-electron chi connectivity index (χ0n) is 10.7. The second-order valence-corrected chi connectivity index (χ2v) is 5.29. The molecule has 1 fully saturated rings. The lowest BCUT2D eigenvalue weighted by Crippen LogP contribution is -2.15. The molecule has 2 rings (SSSR count). The van der Waals surface area contributed by atoms with Gasteiger partial charge in [-0.2, -0.15) is 0 Å². The van der Waals surface area contributed by atoms with Crippen LogP contribution < -0.4 is 5.32 Å². The maximum Gasteiger partial charge on any atom is 0.0434 e. The van der Waals surface area contributed by atoms with Crippen molar-refractivity contribution in [1.29, 1.82) is 0 Å². The van der Waals surface area contributed by atoms with Crippen molar-refractivity contribution in [3.8, 4) is 0 Å². The number of benzene rings is 1. The second kappa shape index (κ2) is 6.06. The zero-order valence-corrected chi connectivity index (χ0v) is 10.7. The van der Waals surface area contributed by atoms with Gasteiger partial charge in [0.2, 0.25) is 0 Å². The molecule has 0 radical (unpaired) electrons. The fourth-order valence-corrected chi connectivity index (χ4v) is 2.67. The summed E-state index contributed by atoms with van der Waals surface area (Å²) in [5.74, 6) is 0.866. The van der Waals surface area contributed by atoms with Gasteiger partial charge in [-0.3, -0.25) is 0 Å². The maximum absolute atomic E-state index is 8.84. The molecule has 0 aliphatic heterocycles. The molecule has 1 aromatic rings. The van der Waals surface area contributed by atoms with Gasteiger partial charge in [0.1, 0.15) is 0 Å². The van der Waals surface area contributed by atoms with E-state index in [4.69, 9.17) is 5.11 Å². The Labute approximate surface area is 104 Å². The standard InChI is InChI=1S/C15H23NO/c1-12-7-8-15(10-12)16-14-6-2-4-13(11-14)5-3-9-17/h2,4,6,11-12,15-17H,3,5,7-10H2,1H3. The van der Waals surface area contributed by atoms with E-state index < -0.39 is 0 Å². The summed E-state index contributed by atoms with van der Waals surface area (Å²) in [5.41, 5.74) is 2.55. The molecule has 2 unspecified atom stereocenters. The third-order valence-corrected chi connectivity index (χ3v) is 3.62. The maximum atomic E-state index is 8.84. The van der Waals surface area contributed by atoms with Crippen LogP contribution in [-0.4, -0.2) is 17.8 Å². The van der Waals surface area contributed by atoms with Gasteiger partial charge in [-0.05, 0) is 55.7 Å². The van der Waals surface area contributed by atoms with Crippen LogP contribution in [0.4, 0.5) is 5.69 Å². The van der Waals surface area contributed by atoms with E-state index in [0.29, 0.717) is 6.04 Å². The second-order valence-electron chi connectivity index (χ2n) is 5.29. The molecule has 1 aromatic carbocycles. The topological polar surface area (TPSA) is 32.3 Å². The van der Waals surface area contributed by atoms with Crippen molar-refractivity contribution in [2.24, 2.45) is 5.92 Å². The van der Waals surface area contributed by atoms with Gasteiger partial charge in [0.25, 0.3) is 0 Å². The first-order valence-electron chi connectivity index (χ1n) is 6.74. The Morgan fingerprint density at radius 2 is 2.24 bits per heavy atom. The predicted octanol–water partition coefficient (Wildman–Crippen LogP) is 3.21. The molecular formula is C15H23NO. The molecule has 0 spiro atoms. The summed E-state index contributed by atoms with van der Waals surface area (Å²) in [5, 5.41) is 12.5. The fourth-order valence-electron chi connectivity index (χ4n) is 2.67. The number of hydrogen-bond acceptors (Lipinski definition) is 2. The Kier molecular flexibility index (Phi) is 4.43. The molecule has 1 aliphatic rings. The average Bonchev–Trinajstić information content (AvgIpc) is 2.73. The minimum absolute atomic E-state index is 0.276. The van der Waals surface area contributed by atoms with Gasteiger partial charge in [-0.25, -0.2) is 0 Å². The lowest BCUT2D eigenvalue weighted by molar-refractivity contribution is 0.288. The van der Waals surface area contributed by atoms with Crippen LogP contribution in [-0.2, 0) is 6.42 Å². The summed E-state index contributed by atoms with van der Waals surface area (Å²) in [6.07, 6.45) is 5.75. The van der Waals surface area contributed by atoms with Crippen LogP contribution in [0, 0.1) is 5.92 Å². The van der Waals surface area contributed by atoms with Gasteiger partial charge >= 0.3 is 0 Å². The van der Waals surface area contributed by atoms with Crippen LogP contribution in [0.3, 0.4) is 0 Å². The molecular weight excluding hydrogens is 210 g/mol. The van der Waals surface area contributed by atoms with E-state index >= 15 is 0 Å².